The molecule has 0 unspecified atom stereocenters. The second-order valence-electron chi connectivity index (χ2n) is 20.3. The van der Waals surface area contributed by atoms with Gasteiger partial charge in [-0.25, -0.2) is 4.39 Å². The van der Waals surface area contributed by atoms with Gasteiger partial charge in [0.15, 0.2) is 24.6 Å². The standard InChI is InChI=1S/C57H104FNO11/c1-7-9-11-13-15-17-19-21-22-23-24-25-26-27-28-29-30-31-33-35-37-39-41-43-53(64)59-51(50(58)42-40-38-36-34-32-20-18-16-14-12-10-8-2)44-66-57-56(69-49(6)63)55(68-48(5)62)54(67-47(4)61)52(70-57)45-65-46(3)60/h50-52,54-57H,7-45H2,1-6H3,(H,59,64)/t50-,51+,52-,54+,55+,56-,57+/m1/s1. The normalized spacial score (nSPS) is 18.8. The summed E-state index contributed by atoms with van der Waals surface area (Å²) in [7, 11) is 0. The van der Waals surface area contributed by atoms with Crippen LogP contribution in [0.4, 0.5) is 4.39 Å². The smallest absolute Gasteiger partial charge is 0.303 e. The first-order valence-corrected chi connectivity index (χ1v) is 28.7. The van der Waals surface area contributed by atoms with Gasteiger partial charge in [0, 0.05) is 34.1 Å². The van der Waals surface area contributed by atoms with Crippen molar-refractivity contribution in [2.24, 2.45) is 0 Å². The van der Waals surface area contributed by atoms with E-state index in [0.717, 1.165) is 59.3 Å². The third kappa shape index (κ3) is 36.2. The van der Waals surface area contributed by atoms with Crippen molar-refractivity contribution in [3.63, 3.8) is 0 Å². The summed E-state index contributed by atoms with van der Waals surface area (Å²) in [6.45, 7) is 8.35. The number of amides is 1. The predicted octanol–water partition coefficient (Wildman–Crippen LogP) is 14.4. The van der Waals surface area contributed by atoms with E-state index in [1.165, 1.54) is 180 Å². The Balaban J connectivity index is 2.65. The van der Waals surface area contributed by atoms with Crippen LogP contribution >= 0.6 is 0 Å². The van der Waals surface area contributed by atoms with Crippen LogP contribution in [0.25, 0.3) is 0 Å². The van der Waals surface area contributed by atoms with E-state index in [0.29, 0.717) is 12.8 Å². The van der Waals surface area contributed by atoms with E-state index in [9.17, 15) is 24.0 Å². The van der Waals surface area contributed by atoms with E-state index in [1.807, 2.05) is 0 Å². The SMILES string of the molecule is CCCCCCCCCCCCCCCCCCCCCCCCCC(=O)N[C@@H](CO[C@H]1O[C@H](COC(C)=O)[C@H](OC(C)=O)[C@H](OC(C)=O)[C@H]1OC(C)=O)[C@H](F)CCCCCCCCCCCCCC. The molecule has 0 aliphatic carbocycles. The fourth-order valence-electron chi connectivity index (χ4n) is 9.49. The van der Waals surface area contributed by atoms with Gasteiger partial charge >= 0.3 is 23.9 Å². The van der Waals surface area contributed by atoms with Gasteiger partial charge in [0.25, 0.3) is 0 Å². The molecule has 1 N–H and O–H groups in total. The van der Waals surface area contributed by atoms with Crippen molar-refractivity contribution >= 4 is 29.8 Å². The molecule has 0 saturated carbocycles. The predicted molar refractivity (Wildman–Crippen MR) is 277 cm³/mol. The molecule has 1 saturated heterocycles. The molecule has 0 radical (unpaired) electrons. The van der Waals surface area contributed by atoms with Crippen LogP contribution in [0, 0.1) is 0 Å². The average molecular weight is 998 g/mol. The van der Waals surface area contributed by atoms with Gasteiger partial charge in [0.1, 0.15) is 18.9 Å². The molecular formula is C57H104FNO11. The lowest BCUT2D eigenvalue weighted by molar-refractivity contribution is -0.309. The molecule has 0 aromatic heterocycles. The minimum absolute atomic E-state index is 0.212. The maximum absolute atomic E-state index is 16.2. The zero-order valence-electron chi connectivity index (χ0n) is 45.5. The second-order valence-corrected chi connectivity index (χ2v) is 20.3. The van der Waals surface area contributed by atoms with Gasteiger partial charge in [-0.1, -0.05) is 232 Å². The van der Waals surface area contributed by atoms with Gasteiger partial charge in [0.2, 0.25) is 5.91 Å². The third-order valence-electron chi connectivity index (χ3n) is 13.5. The average Bonchev–Trinajstić information content (AvgIpc) is 3.31. The van der Waals surface area contributed by atoms with Crippen LogP contribution in [0.2, 0.25) is 0 Å². The molecule has 13 heteroatoms. The fourth-order valence-corrected chi connectivity index (χ4v) is 9.49. The summed E-state index contributed by atoms with van der Waals surface area (Å²) in [4.78, 5) is 62.0. The summed E-state index contributed by atoms with van der Waals surface area (Å²) in [5.41, 5.74) is 0. The van der Waals surface area contributed by atoms with E-state index in [2.05, 4.69) is 19.2 Å². The molecule has 410 valence electrons. The molecule has 0 aromatic rings. The maximum Gasteiger partial charge on any atom is 0.303 e. The molecule has 1 rings (SSSR count). The van der Waals surface area contributed by atoms with Crippen LogP contribution in [0.3, 0.4) is 0 Å². The van der Waals surface area contributed by atoms with Crippen molar-refractivity contribution in [3.8, 4) is 0 Å². The van der Waals surface area contributed by atoms with Crippen LogP contribution in [-0.2, 0) is 52.4 Å². The highest BCUT2D eigenvalue weighted by molar-refractivity contribution is 5.76. The zero-order chi connectivity index (χ0) is 51.5. The van der Waals surface area contributed by atoms with Crippen LogP contribution in [0.5, 0.6) is 0 Å². The Morgan fingerprint density at radius 2 is 0.800 bits per heavy atom. The highest BCUT2D eigenvalue weighted by Crippen LogP contribution is 2.31. The van der Waals surface area contributed by atoms with Crippen LogP contribution in [0.15, 0.2) is 0 Å². The Morgan fingerprint density at radius 3 is 1.17 bits per heavy atom. The largest absolute Gasteiger partial charge is 0.463 e. The lowest BCUT2D eigenvalue weighted by atomic mass is 9.98. The quantitative estimate of drug-likeness (QED) is 0.0352. The van der Waals surface area contributed by atoms with Gasteiger partial charge in [0.05, 0.1) is 12.6 Å². The van der Waals surface area contributed by atoms with Crippen molar-refractivity contribution in [1.29, 1.82) is 0 Å². The Labute approximate surface area is 425 Å². The number of carbonyl (C=O) groups is 5. The topological polar surface area (TPSA) is 153 Å². The maximum atomic E-state index is 16.2. The van der Waals surface area contributed by atoms with E-state index in [1.54, 1.807) is 0 Å². The molecule has 0 bridgehead atoms. The first kappa shape index (κ1) is 65.2. The summed E-state index contributed by atoms with van der Waals surface area (Å²) >= 11 is 0. The van der Waals surface area contributed by atoms with Crippen molar-refractivity contribution in [2.45, 2.75) is 322 Å². The Bertz CT molecular complexity index is 1320. The van der Waals surface area contributed by atoms with Crippen molar-refractivity contribution < 1.29 is 56.8 Å². The Morgan fingerprint density at radius 1 is 0.457 bits per heavy atom. The molecule has 1 fully saturated rings. The molecule has 70 heavy (non-hydrogen) atoms. The Kier molecular flexibility index (Phi) is 41.8. The lowest BCUT2D eigenvalue weighted by Gasteiger charge is -2.44. The van der Waals surface area contributed by atoms with Crippen molar-refractivity contribution in [2.75, 3.05) is 13.2 Å². The second kappa shape index (κ2) is 44.9. The summed E-state index contributed by atoms with van der Waals surface area (Å²) < 4.78 is 50.1. The monoisotopic (exact) mass is 998 g/mol. The third-order valence-corrected chi connectivity index (χ3v) is 13.5. The summed E-state index contributed by atoms with van der Waals surface area (Å²) in [6.07, 6.45) is 35.6. The number of hydrogen-bond acceptors (Lipinski definition) is 11. The fraction of sp³-hybridized carbons (Fsp3) is 0.912. The first-order chi connectivity index (χ1) is 33.9. The van der Waals surface area contributed by atoms with E-state index >= 15 is 4.39 Å². The number of carbonyl (C=O) groups excluding carboxylic acids is 5. The first-order valence-electron chi connectivity index (χ1n) is 28.7. The molecule has 1 aliphatic heterocycles. The number of rotatable bonds is 47. The Hall–Kier alpha value is -2.80. The van der Waals surface area contributed by atoms with Gasteiger partial charge in [-0.05, 0) is 12.8 Å². The van der Waals surface area contributed by atoms with E-state index in [-0.39, 0.29) is 25.4 Å². The number of halogens is 1. The molecule has 1 heterocycles. The van der Waals surface area contributed by atoms with Crippen LogP contribution < -0.4 is 5.32 Å². The van der Waals surface area contributed by atoms with Crippen LogP contribution in [-0.4, -0.2) is 85.9 Å². The summed E-state index contributed by atoms with van der Waals surface area (Å²) in [6, 6.07) is -1.06. The van der Waals surface area contributed by atoms with Gasteiger partial charge in [-0.15, -0.1) is 0 Å². The molecule has 0 aromatic carbocycles. The molecule has 1 amide bonds. The molecule has 0 spiro atoms. The molecule has 7 atom stereocenters. The minimum atomic E-state index is -1.47. The summed E-state index contributed by atoms with van der Waals surface area (Å²) in [5, 5.41) is 2.87. The van der Waals surface area contributed by atoms with Gasteiger partial charge in [-0.2, -0.15) is 0 Å². The lowest BCUT2D eigenvalue weighted by Crippen LogP contribution is -2.63. The highest BCUT2D eigenvalue weighted by Gasteiger charge is 2.53. The van der Waals surface area contributed by atoms with Crippen molar-refractivity contribution in [1.82, 2.24) is 5.32 Å². The zero-order valence-corrected chi connectivity index (χ0v) is 45.5. The molecular weight excluding hydrogens is 894 g/mol. The number of unbranched alkanes of at least 4 members (excludes halogenated alkanes) is 33. The van der Waals surface area contributed by atoms with E-state index in [4.69, 9.17) is 28.4 Å². The number of alkyl halides is 1. The minimum Gasteiger partial charge on any atom is -0.463 e. The highest BCUT2D eigenvalue weighted by atomic mass is 19.1. The number of hydrogen-bond donors (Lipinski definition) is 1. The molecule has 1 aliphatic rings. The number of nitrogens with one attached hydrogen (secondary N) is 1. The van der Waals surface area contributed by atoms with Crippen LogP contribution in [0.1, 0.15) is 279 Å². The summed E-state index contributed by atoms with van der Waals surface area (Å²) in [5.74, 6) is -3.21. The van der Waals surface area contributed by atoms with Gasteiger partial charge < -0.3 is 33.7 Å². The molecule has 12 nitrogen and oxygen atoms in total. The van der Waals surface area contributed by atoms with Crippen molar-refractivity contribution in [3.05, 3.63) is 0 Å². The number of esters is 4. The van der Waals surface area contributed by atoms with E-state index < -0.39 is 73.4 Å². The van der Waals surface area contributed by atoms with Gasteiger partial charge in [-0.3, -0.25) is 24.0 Å². The number of ether oxygens (including phenoxy) is 6.